The lowest BCUT2D eigenvalue weighted by Gasteiger charge is -2.31. The van der Waals surface area contributed by atoms with Crippen LogP contribution in [-0.4, -0.2) is 15.4 Å². The molecule has 2 aliphatic rings. The third kappa shape index (κ3) is 2.89. The zero-order chi connectivity index (χ0) is 12.5. The van der Waals surface area contributed by atoms with Crippen LogP contribution in [-0.2, 0) is 14.3 Å². The van der Waals surface area contributed by atoms with Crippen LogP contribution in [0.15, 0.2) is 12.2 Å². The van der Waals surface area contributed by atoms with E-state index in [1.54, 1.807) is 6.92 Å². The summed E-state index contributed by atoms with van der Waals surface area (Å²) in [4.78, 5) is 22.7. The van der Waals surface area contributed by atoms with Crippen molar-refractivity contribution >= 4 is 34.3 Å². The van der Waals surface area contributed by atoms with E-state index in [9.17, 15) is 9.59 Å². The van der Waals surface area contributed by atoms with Crippen molar-refractivity contribution in [3.63, 3.8) is 0 Å². The fourth-order valence-corrected chi connectivity index (χ4v) is 4.22. The van der Waals surface area contributed by atoms with Gasteiger partial charge in [0.1, 0.15) is 0 Å². The quantitative estimate of drug-likeness (QED) is 0.340. The van der Waals surface area contributed by atoms with Crippen LogP contribution in [0, 0.1) is 11.8 Å². The molecule has 0 amide bonds. The predicted molar refractivity (Wildman–Crippen MR) is 72.7 cm³/mol. The minimum atomic E-state index is -0.381. The number of carbonyl (C=O) groups excluding carboxylic acids is 2. The molecule has 0 saturated heterocycles. The van der Waals surface area contributed by atoms with Crippen molar-refractivity contribution in [2.45, 2.75) is 42.6 Å². The van der Waals surface area contributed by atoms with E-state index >= 15 is 0 Å². The number of alkyl halides is 1. The SMILES string of the molecule is CCC(=O)/C=C\C(=O)OC1(I)CC2CCC1C2. The molecule has 0 aromatic heterocycles. The summed E-state index contributed by atoms with van der Waals surface area (Å²) in [6.45, 7) is 1.77. The molecule has 0 aliphatic heterocycles. The van der Waals surface area contributed by atoms with E-state index in [0.717, 1.165) is 12.3 Å². The Labute approximate surface area is 115 Å². The summed E-state index contributed by atoms with van der Waals surface area (Å²) in [6.07, 6.45) is 7.60. The number of ether oxygens (including phenoxy) is 1. The van der Waals surface area contributed by atoms with E-state index in [4.69, 9.17) is 4.74 Å². The van der Waals surface area contributed by atoms with Gasteiger partial charge in [0.15, 0.2) is 9.39 Å². The van der Waals surface area contributed by atoms with Gasteiger partial charge in [-0.1, -0.05) is 6.92 Å². The lowest BCUT2D eigenvalue weighted by atomic mass is 9.97. The number of esters is 1. The van der Waals surface area contributed by atoms with Crippen LogP contribution in [0.4, 0.5) is 0 Å². The number of hydrogen-bond acceptors (Lipinski definition) is 3. The second kappa shape index (κ2) is 5.08. The van der Waals surface area contributed by atoms with Gasteiger partial charge < -0.3 is 4.74 Å². The minimum Gasteiger partial charge on any atom is -0.445 e. The highest BCUT2D eigenvalue weighted by Crippen LogP contribution is 2.55. The third-order valence-corrected chi connectivity index (χ3v) is 5.28. The molecule has 4 heteroatoms. The molecule has 2 aliphatic carbocycles. The maximum absolute atomic E-state index is 11.6. The summed E-state index contributed by atoms with van der Waals surface area (Å²) in [5, 5.41) is 0. The van der Waals surface area contributed by atoms with Gasteiger partial charge in [-0.3, -0.25) is 4.79 Å². The topological polar surface area (TPSA) is 43.4 Å². The van der Waals surface area contributed by atoms with Gasteiger partial charge in [-0.05, 0) is 60.3 Å². The second-order valence-electron chi connectivity index (χ2n) is 4.94. The van der Waals surface area contributed by atoms with Gasteiger partial charge in [0.25, 0.3) is 0 Å². The summed E-state index contributed by atoms with van der Waals surface area (Å²) < 4.78 is 5.21. The summed E-state index contributed by atoms with van der Waals surface area (Å²) >= 11 is 2.28. The molecule has 2 saturated carbocycles. The molecule has 0 spiro atoms. The molecule has 17 heavy (non-hydrogen) atoms. The molecule has 2 bridgehead atoms. The fraction of sp³-hybridized carbons (Fsp3) is 0.692. The number of carbonyl (C=O) groups is 2. The average molecular weight is 348 g/mol. The van der Waals surface area contributed by atoms with Crippen molar-refractivity contribution in [1.29, 1.82) is 0 Å². The molecule has 0 aromatic carbocycles. The molecule has 0 N–H and O–H groups in total. The van der Waals surface area contributed by atoms with Gasteiger partial charge in [-0.2, -0.15) is 0 Å². The first-order valence-corrected chi connectivity index (χ1v) is 7.24. The van der Waals surface area contributed by atoms with E-state index < -0.39 is 0 Å². The van der Waals surface area contributed by atoms with Crippen molar-refractivity contribution in [2.75, 3.05) is 0 Å². The van der Waals surface area contributed by atoms with E-state index in [-0.39, 0.29) is 15.4 Å². The first kappa shape index (κ1) is 13.1. The zero-order valence-corrected chi connectivity index (χ0v) is 12.1. The summed E-state index contributed by atoms with van der Waals surface area (Å²) in [6, 6.07) is 0. The molecule has 0 radical (unpaired) electrons. The van der Waals surface area contributed by atoms with Gasteiger partial charge in [-0.15, -0.1) is 0 Å². The van der Waals surface area contributed by atoms with Gasteiger partial charge in [0.2, 0.25) is 0 Å². The van der Waals surface area contributed by atoms with Crippen LogP contribution < -0.4 is 0 Å². The summed E-state index contributed by atoms with van der Waals surface area (Å²) in [5.74, 6) is 0.810. The number of rotatable bonds is 4. The molecule has 3 unspecified atom stereocenters. The first-order valence-electron chi connectivity index (χ1n) is 6.16. The van der Waals surface area contributed by atoms with Gasteiger partial charge in [0, 0.05) is 18.4 Å². The molecule has 2 rings (SSSR count). The molecule has 0 heterocycles. The van der Waals surface area contributed by atoms with E-state index in [2.05, 4.69) is 22.6 Å². The maximum atomic E-state index is 11.6. The van der Waals surface area contributed by atoms with Crippen LogP contribution in [0.5, 0.6) is 0 Å². The predicted octanol–water partition coefficient (Wildman–Crippen LogP) is 3.02. The number of halogens is 1. The normalized spacial score (nSPS) is 35.4. The van der Waals surface area contributed by atoms with Gasteiger partial charge in [-0.25, -0.2) is 4.79 Å². The van der Waals surface area contributed by atoms with E-state index in [1.807, 2.05) is 0 Å². The maximum Gasteiger partial charge on any atom is 0.332 e. The molecular formula is C13H17IO3. The highest BCUT2D eigenvalue weighted by Gasteiger charge is 2.51. The van der Waals surface area contributed by atoms with Crippen molar-refractivity contribution in [3.05, 3.63) is 12.2 Å². The Morgan fingerprint density at radius 1 is 1.41 bits per heavy atom. The van der Waals surface area contributed by atoms with Crippen LogP contribution >= 0.6 is 22.6 Å². The standard InChI is InChI=1S/C13H17IO3/c1-2-11(15)5-6-12(16)17-13(14)8-9-3-4-10(13)7-9/h5-6,9-10H,2-4,7-8H2,1H3/b6-5-. The van der Waals surface area contributed by atoms with Crippen molar-refractivity contribution in [3.8, 4) is 0 Å². The highest BCUT2D eigenvalue weighted by atomic mass is 127. The average Bonchev–Trinajstić information content (AvgIpc) is 2.85. The molecule has 3 nitrogen and oxygen atoms in total. The number of ketones is 1. The van der Waals surface area contributed by atoms with Crippen molar-refractivity contribution in [1.82, 2.24) is 0 Å². The molecule has 3 atom stereocenters. The van der Waals surface area contributed by atoms with Crippen LogP contribution in [0.3, 0.4) is 0 Å². The zero-order valence-electron chi connectivity index (χ0n) is 9.95. The highest BCUT2D eigenvalue weighted by molar-refractivity contribution is 14.1. The van der Waals surface area contributed by atoms with Crippen molar-refractivity contribution < 1.29 is 14.3 Å². The van der Waals surface area contributed by atoms with Crippen molar-refractivity contribution in [2.24, 2.45) is 11.8 Å². The summed E-state index contributed by atoms with van der Waals surface area (Å²) in [7, 11) is 0. The Kier molecular flexibility index (Phi) is 3.90. The molecule has 94 valence electrons. The molecule has 0 aromatic rings. The Balaban J connectivity index is 1.91. The first-order chi connectivity index (χ1) is 8.03. The number of allylic oxidation sites excluding steroid dienone is 1. The fourth-order valence-electron chi connectivity index (χ4n) is 2.82. The monoisotopic (exact) mass is 348 g/mol. The van der Waals surface area contributed by atoms with Gasteiger partial charge in [0.05, 0.1) is 0 Å². The Hall–Kier alpha value is -0.390. The van der Waals surface area contributed by atoms with Crippen LogP contribution in [0.1, 0.15) is 39.0 Å². The Morgan fingerprint density at radius 2 is 2.18 bits per heavy atom. The van der Waals surface area contributed by atoms with E-state index in [0.29, 0.717) is 12.3 Å². The lowest BCUT2D eigenvalue weighted by Crippen LogP contribution is -2.33. The second-order valence-corrected chi connectivity index (χ2v) is 6.77. The minimum absolute atomic E-state index is 0.0441. The molecule has 2 fully saturated rings. The smallest absolute Gasteiger partial charge is 0.332 e. The largest absolute Gasteiger partial charge is 0.445 e. The third-order valence-electron chi connectivity index (χ3n) is 3.74. The number of fused-ring (bicyclic) bond motifs is 2. The van der Waals surface area contributed by atoms with Crippen LogP contribution in [0.2, 0.25) is 0 Å². The lowest BCUT2D eigenvalue weighted by molar-refractivity contribution is -0.147. The number of hydrogen-bond donors (Lipinski definition) is 0. The Morgan fingerprint density at radius 3 is 2.71 bits per heavy atom. The van der Waals surface area contributed by atoms with E-state index in [1.165, 1.54) is 31.4 Å². The summed E-state index contributed by atoms with van der Waals surface area (Å²) in [5.41, 5.74) is 0. The molecular weight excluding hydrogens is 331 g/mol. The van der Waals surface area contributed by atoms with Gasteiger partial charge >= 0.3 is 5.97 Å². The Bertz CT molecular complexity index is 364. The van der Waals surface area contributed by atoms with Crippen LogP contribution in [0.25, 0.3) is 0 Å².